The van der Waals surface area contributed by atoms with Gasteiger partial charge in [-0.05, 0) is 49.2 Å². The van der Waals surface area contributed by atoms with E-state index < -0.39 is 15.6 Å². The van der Waals surface area contributed by atoms with Gasteiger partial charge in [-0.3, -0.25) is 4.90 Å². The number of nitrogens with one attached hydrogen (secondary N) is 1. The highest BCUT2D eigenvalue weighted by Crippen LogP contribution is 2.27. The van der Waals surface area contributed by atoms with Crippen molar-refractivity contribution in [2.75, 3.05) is 18.4 Å². The summed E-state index contributed by atoms with van der Waals surface area (Å²) in [5.41, 5.74) is 2.40. The molecule has 1 heterocycles. The molecule has 0 radical (unpaired) electrons. The van der Waals surface area contributed by atoms with Crippen LogP contribution in [0.25, 0.3) is 0 Å². The lowest BCUT2D eigenvalue weighted by molar-refractivity contribution is 0.220. The molecule has 4 nitrogen and oxygen atoms in total. The molecule has 1 N–H and O–H groups in total. The standard InChI is InChI=1S/C20H24F2N2O2S/c21-20(22)27(25,26)19-11-5-4-10-18(19)23-14-16-8-2-3-9-17(16)15-24-12-6-1-7-13-24/h2-5,8-11,20,23H,1,6-7,12-15H2. The van der Waals surface area contributed by atoms with Crippen LogP contribution in [0.4, 0.5) is 14.5 Å². The highest BCUT2D eigenvalue weighted by atomic mass is 32.2. The van der Waals surface area contributed by atoms with Crippen LogP contribution in [0.3, 0.4) is 0 Å². The van der Waals surface area contributed by atoms with Crippen LogP contribution in [0.2, 0.25) is 0 Å². The molecule has 1 aliphatic heterocycles. The van der Waals surface area contributed by atoms with Crippen molar-refractivity contribution in [3.8, 4) is 0 Å². The molecule has 0 saturated carbocycles. The maximum Gasteiger partial charge on any atom is 0.341 e. The summed E-state index contributed by atoms with van der Waals surface area (Å²) >= 11 is 0. The number of hydrogen-bond donors (Lipinski definition) is 1. The van der Waals surface area contributed by atoms with Gasteiger partial charge in [0, 0.05) is 13.1 Å². The summed E-state index contributed by atoms with van der Waals surface area (Å²) in [7, 11) is -4.65. The number of sulfone groups is 1. The molecule has 0 aliphatic carbocycles. The van der Waals surface area contributed by atoms with Gasteiger partial charge in [-0.2, -0.15) is 8.78 Å². The van der Waals surface area contributed by atoms with Crippen molar-refractivity contribution >= 4 is 15.5 Å². The van der Waals surface area contributed by atoms with Crippen LogP contribution >= 0.6 is 0 Å². The number of para-hydroxylation sites is 1. The second-order valence-corrected chi connectivity index (χ2v) is 8.65. The normalized spacial score (nSPS) is 15.8. The van der Waals surface area contributed by atoms with E-state index in [0.717, 1.165) is 25.2 Å². The molecule has 3 rings (SSSR count). The maximum atomic E-state index is 12.9. The summed E-state index contributed by atoms with van der Waals surface area (Å²) in [5.74, 6) is -3.44. The average molecular weight is 394 g/mol. The van der Waals surface area contributed by atoms with Crippen molar-refractivity contribution in [3.05, 3.63) is 59.7 Å². The molecule has 0 amide bonds. The molecule has 27 heavy (non-hydrogen) atoms. The van der Waals surface area contributed by atoms with E-state index >= 15 is 0 Å². The van der Waals surface area contributed by atoms with Gasteiger partial charge in [0.1, 0.15) is 0 Å². The summed E-state index contributed by atoms with van der Waals surface area (Å²) in [5, 5.41) is 3.04. The Labute approximate surface area is 159 Å². The number of alkyl halides is 2. The summed E-state index contributed by atoms with van der Waals surface area (Å²) in [4.78, 5) is 2.05. The third-order valence-electron chi connectivity index (χ3n) is 4.86. The summed E-state index contributed by atoms with van der Waals surface area (Å²) in [6.07, 6.45) is 3.69. The third kappa shape index (κ3) is 4.84. The van der Waals surface area contributed by atoms with Crippen LogP contribution in [0.1, 0.15) is 30.4 Å². The first-order valence-electron chi connectivity index (χ1n) is 9.12. The number of likely N-dealkylation sites (tertiary alicyclic amines) is 1. The lowest BCUT2D eigenvalue weighted by atomic mass is 10.0. The third-order valence-corrected chi connectivity index (χ3v) is 6.30. The predicted molar refractivity (Wildman–Crippen MR) is 103 cm³/mol. The van der Waals surface area contributed by atoms with Crippen molar-refractivity contribution in [1.29, 1.82) is 0 Å². The van der Waals surface area contributed by atoms with Gasteiger partial charge in [-0.15, -0.1) is 0 Å². The molecule has 1 saturated heterocycles. The monoisotopic (exact) mass is 394 g/mol. The molecular formula is C20H24F2N2O2S. The van der Waals surface area contributed by atoms with Gasteiger partial charge < -0.3 is 5.32 Å². The van der Waals surface area contributed by atoms with Crippen LogP contribution in [0.5, 0.6) is 0 Å². The number of piperidine rings is 1. The highest BCUT2D eigenvalue weighted by Gasteiger charge is 2.28. The smallest absolute Gasteiger partial charge is 0.341 e. The van der Waals surface area contributed by atoms with Gasteiger partial charge in [-0.25, -0.2) is 8.42 Å². The van der Waals surface area contributed by atoms with Gasteiger partial charge in [-0.1, -0.05) is 42.8 Å². The number of halogens is 2. The Balaban J connectivity index is 1.76. The van der Waals surface area contributed by atoms with Crippen molar-refractivity contribution in [1.82, 2.24) is 4.90 Å². The van der Waals surface area contributed by atoms with Crippen LogP contribution in [0, 0.1) is 0 Å². The number of rotatable bonds is 7. The Morgan fingerprint density at radius 3 is 2.26 bits per heavy atom. The number of hydrogen-bond acceptors (Lipinski definition) is 4. The Kier molecular flexibility index (Phi) is 6.44. The van der Waals surface area contributed by atoms with Gasteiger partial charge in [0.05, 0.1) is 10.6 Å². The van der Waals surface area contributed by atoms with Crippen molar-refractivity contribution in [2.24, 2.45) is 0 Å². The molecule has 0 bridgehead atoms. The summed E-state index contributed by atoms with van der Waals surface area (Å²) in [6, 6.07) is 13.8. The van der Waals surface area contributed by atoms with Crippen LogP contribution in [-0.4, -0.2) is 32.2 Å². The molecule has 0 atom stereocenters. The minimum absolute atomic E-state index is 0.200. The number of benzene rings is 2. The van der Waals surface area contributed by atoms with E-state index in [9.17, 15) is 17.2 Å². The summed E-state index contributed by atoms with van der Waals surface area (Å²) < 4.78 is 49.7. The first-order valence-corrected chi connectivity index (χ1v) is 10.7. The number of anilines is 1. The highest BCUT2D eigenvalue weighted by molar-refractivity contribution is 7.91. The zero-order chi connectivity index (χ0) is 19.3. The molecule has 2 aromatic rings. The van der Waals surface area contributed by atoms with Crippen LogP contribution in [-0.2, 0) is 22.9 Å². The topological polar surface area (TPSA) is 49.4 Å². The Morgan fingerprint density at radius 2 is 1.56 bits per heavy atom. The minimum atomic E-state index is -4.65. The molecule has 1 aliphatic rings. The lowest BCUT2D eigenvalue weighted by Crippen LogP contribution is -2.29. The SMILES string of the molecule is O=S(=O)(c1ccccc1NCc1ccccc1CN1CCCCC1)C(F)F. The zero-order valence-corrected chi connectivity index (χ0v) is 15.9. The van der Waals surface area contributed by atoms with E-state index in [1.54, 1.807) is 6.07 Å². The molecule has 0 unspecified atom stereocenters. The fraction of sp³-hybridized carbons (Fsp3) is 0.400. The molecule has 2 aromatic carbocycles. The van der Waals surface area contributed by atoms with Crippen molar-refractivity contribution in [3.63, 3.8) is 0 Å². The first kappa shape index (κ1) is 19.8. The quantitative estimate of drug-likeness (QED) is 0.762. The Morgan fingerprint density at radius 1 is 0.926 bits per heavy atom. The van der Waals surface area contributed by atoms with Gasteiger partial charge in [0.15, 0.2) is 0 Å². The first-order chi connectivity index (χ1) is 13.0. The van der Waals surface area contributed by atoms with E-state index in [0.29, 0.717) is 6.54 Å². The fourth-order valence-electron chi connectivity index (χ4n) is 3.39. The molecular weight excluding hydrogens is 370 g/mol. The number of nitrogens with zero attached hydrogens (tertiary/aromatic N) is 1. The summed E-state index contributed by atoms with van der Waals surface area (Å²) in [6.45, 7) is 3.38. The van der Waals surface area contributed by atoms with Gasteiger partial charge in [0.2, 0.25) is 9.84 Å². The van der Waals surface area contributed by atoms with E-state index in [1.165, 1.54) is 43.0 Å². The van der Waals surface area contributed by atoms with Gasteiger partial charge >= 0.3 is 5.76 Å². The van der Waals surface area contributed by atoms with Crippen LogP contribution in [0.15, 0.2) is 53.4 Å². The van der Waals surface area contributed by atoms with E-state index in [-0.39, 0.29) is 10.6 Å². The zero-order valence-electron chi connectivity index (χ0n) is 15.1. The van der Waals surface area contributed by atoms with E-state index in [1.807, 2.05) is 18.2 Å². The largest absolute Gasteiger partial charge is 0.380 e. The predicted octanol–water partition coefficient (Wildman–Crippen LogP) is 4.28. The Bertz CT molecular complexity index is 866. The molecule has 0 spiro atoms. The molecule has 1 fully saturated rings. The lowest BCUT2D eigenvalue weighted by Gasteiger charge is -2.27. The molecule has 146 valence electrons. The van der Waals surface area contributed by atoms with Crippen LogP contribution < -0.4 is 5.32 Å². The van der Waals surface area contributed by atoms with Crippen molar-refractivity contribution in [2.45, 2.75) is 43.0 Å². The van der Waals surface area contributed by atoms with Crippen molar-refractivity contribution < 1.29 is 17.2 Å². The Hall–Kier alpha value is -1.99. The average Bonchev–Trinajstić information content (AvgIpc) is 2.68. The minimum Gasteiger partial charge on any atom is -0.380 e. The van der Waals surface area contributed by atoms with E-state index in [4.69, 9.17) is 0 Å². The maximum absolute atomic E-state index is 12.9. The second-order valence-electron chi connectivity index (χ2n) is 6.76. The molecule has 0 aromatic heterocycles. The second kappa shape index (κ2) is 8.80. The van der Waals surface area contributed by atoms with E-state index in [2.05, 4.69) is 16.3 Å². The molecule has 7 heteroatoms. The fourth-order valence-corrected chi connectivity index (χ4v) is 4.30. The van der Waals surface area contributed by atoms with Gasteiger partial charge in [0.25, 0.3) is 0 Å².